The Hall–Kier alpha value is -0.870. The zero-order chi connectivity index (χ0) is 8.67. The number of thioether (sulfide) groups is 1. The average molecular weight is 191 g/mol. The van der Waals surface area contributed by atoms with Gasteiger partial charge in [-0.1, -0.05) is 6.08 Å². The van der Waals surface area contributed by atoms with E-state index in [1.807, 2.05) is 18.0 Å². The second kappa shape index (κ2) is 2.82. The third kappa shape index (κ3) is 1.09. The van der Waals surface area contributed by atoms with Crippen molar-refractivity contribution in [2.45, 2.75) is 12.5 Å². The standard InChI is InChI=1S/C9H9N3S/c1-2-8-9(13-5-12-8)6-3-10-4-11-7(1)6/h1,3-4,8,12H,2,5H2. The lowest BCUT2D eigenvalue weighted by Gasteiger charge is -2.12. The summed E-state index contributed by atoms with van der Waals surface area (Å²) < 4.78 is 0. The van der Waals surface area contributed by atoms with Gasteiger partial charge in [-0.25, -0.2) is 9.97 Å². The van der Waals surface area contributed by atoms with Crippen molar-refractivity contribution < 1.29 is 0 Å². The van der Waals surface area contributed by atoms with E-state index in [9.17, 15) is 0 Å². The second-order valence-corrected chi connectivity index (χ2v) is 4.19. The molecule has 1 atom stereocenters. The van der Waals surface area contributed by atoms with Gasteiger partial charge >= 0.3 is 0 Å². The van der Waals surface area contributed by atoms with Crippen molar-refractivity contribution in [3.05, 3.63) is 23.1 Å². The molecule has 1 aromatic rings. The van der Waals surface area contributed by atoms with Gasteiger partial charge in [-0.3, -0.25) is 5.32 Å². The van der Waals surface area contributed by atoms with Gasteiger partial charge in [0.2, 0.25) is 0 Å². The predicted molar refractivity (Wildman–Crippen MR) is 53.2 cm³/mol. The zero-order valence-electron chi connectivity index (χ0n) is 7.03. The van der Waals surface area contributed by atoms with Crippen molar-refractivity contribution in [2.75, 3.05) is 5.88 Å². The van der Waals surface area contributed by atoms with Gasteiger partial charge in [0.1, 0.15) is 6.33 Å². The molecule has 2 aliphatic rings. The largest absolute Gasteiger partial charge is 0.300 e. The molecule has 1 N–H and O–H groups in total. The second-order valence-electron chi connectivity index (χ2n) is 3.17. The predicted octanol–water partition coefficient (Wildman–Crippen LogP) is -0.569. The van der Waals surface area contributed by atoms with Crippen LogP contribution in [-0.4, -0.2) is 21.9 Å². The minimum atomic E-state index is 0.517. The first-order valence-corrected chi connectivity index (χ1v) is 5.30. The number of aromatic nitrogens is 2. The minimum Gasteiger partial charge on any atom is -0.300 e. The van der Waals surface area contributed by atoms with E-state index < -0.39 is 0 Å². The molecule has 0 saturated carbocycles. The van der Waals surface area contributed by atoms with Crippen molar-refractivity contribution >= 4 is 22.7 Å². The van der Waals surface area contributed by atoms with Crippen LogP contribution in [-0.2, 0) is 0 Å². The van der Waals surface area contributed by atoms with Crippen LogP contribution in [0.5, 0.6) is 0 Å². The van der Waals surface area contributed by atoms with E-state index in [0.717, 1.165) is 17.6 Å². The molecule has 3 nitrogen and oxygen atoms in total. The maximum Gasteiger partial charge on any atom is 0.116 e. The van der Waals surface area contributed by atoms with E-state index in [-0.39, 0.29) is 0 Å². The Morgan fingerprint density at radius 2 is 2.54 bits per heavy atom. The van der Waals surface area contributed by atoms with E-state index >= 15 is 0 Å². The lowest BCUT2D eigenvalue weighted by molar-refractivity contribution is 0.709. The van der Waals surface area contributed by atoms with Crippen LogP contribution >= 0.6 is 11.8 Å². The lowest BCUT2D eigenvalue weighted by atomic mass is 10.1. The fraction of sp³-hybridized carbons (Fsp3) is 0.333. The van der Waals surface area contributed by atoms with E-state index in [0.29, 0.717) is 6.04 Å². The molecule has 66 valence electrons. The van der Waals surface area contributed by atoms with E-state index in [1.165, 1.54) is 10.1 Å². The molecule has 3 rings (SSSR count). The summed E-state index contributed by atoms with van der Waals surface area (Å²) >= 11 is 1.87. The monoisotopic (exact) mass is 191 g/mol. The molecule has 1 fully saturated rings. The summed E-state index contributed by atoms with van der Waals surface area (Å²) in [7, 11) is 0. The molecule has 1 aliphatic carbocycles. The maximum atomic E-state index is 4.25. The summed E-state index contributed by atoms with van der Waals surface area (Å²) in [6.07, 6.45) is 6.78. The summed E-state index contributed by atoms with van der Waals surface area (Å²) in [6, 6.07) is 0.517. The Morgan fingerprint density at radius 1 is 1.54 bits per heavy atom. The summed E-state index contributed by atoms with van der Waals surface area (Å²) in [4.78, 5) is 9.73. The molecule has 2 heterocycles. The van der Waals surface area contributed by atoms with Gasteiger partial charge in [0.15, 0.2) is 0 Å². The summed E-state index contributed by atoms with van der Waals surface area (Å²) in [5, 5.41) is 5.75. The minimum absolute atomic E-state index is 0.517. The zero-order valence-corrected chi connectivity index (χ0v) is 7.84. The highest BCUT2D eigenvalue weighted by Gasteiger charge is 2.23. The molecule has 1 aromatic heterocycles. The van der Waals surface area contributed by atoms with Crippen LogP contribution in [0.25, 0.3) is 11.0 Å². The molecule has 0 aromatic carbocycles. The molecular formula is C9H9N3S. The lowest BCUT2D eigenvalue weighted by Crippen LogP contribution is -2.38. The SMILES string of the molecule is C1=c2ncncc2=C2SCNC2C1. The number of rotatable bonds is 0. The third-order valence-corrected chi connectivity index (χ3v) is 3.56. The van der Waals surface area contributed by atoms with E-state index in [1.54, 1.807) is 6.33 Å². The van der Waals surface area contributed by atoms with Crippen LogP contribution < -0.4 is 15.9 Å². The molecule has 0 radical (unpaired) electrons. The molecule has 1 aliphatic heterocycles. The normalized spacial score (nSPS) is 24.9. The van der Waals surface area contributed by atoms with Crippen LogP contribution in [0.3, 0.4) is 0 Å². The van der Waals surface area contributed by atoms with Crippen molar-refractivity contribution in [2.24, 2.45) is 0 Å². The number of hydrogen-bond donors (Lipinski definition) is 1. The van der Waals surface area contributed by atoms with Crippen LogP contribution in [0.1, 0.15) is 6.42 Å². The fourth-order valence-corrected chi connectivity index (χ4v) is 2.92. The van der Waals surface area contributed by atoms with Gasteiger partial charge < -0.3 is 0 Å². The maximum absolute atomic E-state index is 4.25. The Balaban J connectivity index is 2.38. The number of nitrogens with zero attached hydrogens (tertiary/aromatic N) is 2. The molecular weight excluding hydrogens is 182 g/mol. The van der Waals surface area contributed by atoms with Gasteiger partial charge in [-0.2, -0.15) is 0 Å². The smallest absolute Gasteiger partial charge is 0.116 e. The highest BCUT2D eigenvalue weighted by Crippen LogP contribution is 2.28. The van der Waals surface area contributed by atoms with Crippen LogP contribution in [0, 0.1) is 0 Å². The van der Waals surface area contributed by atoms with Gasteiger partial charge in [-0.05, 0) is 6.42 Å². The fourth-order valence-electron chi connectivity index (χ4n) is 1.79. The molecule has 0 spiro atoms. The highest BCUT2D eigenvalue weighted by molar-refractivity contribution is 8.08. The molecule has 4 heteroatoms. The van der Waals surface area contributed by atoms with Crippen molar-refractivity contribution in [3.8, 4) is 0 Å². The van der Waals surface area contributed by atoms with Crippen molar-refractivity contribution in [1.29, 1.82) is 0 Å². The third-order valence-electron chi connectivity index (χ3n) is 2.43. The first-order chi connectivity index (χ1) is 6.45. The number of nitrogens with one attached hydrogen (secondary N) is 1. The Morgan fingerprint density at radius 3 is 3.54 bits per heavy atom. The first-order valence-electron chi connectivity index (χ1n) is 4.32. The number of hydrogen-bond acceptors (Lipinski definition) is 4. The average Bonchev–Trinajstić information content (AvgIpc) is 2.65. The summed E-state index contributed by atoms with van der Waals surface area (Å²) in [5.74, 6) is 1.02. The number of fused-ring (bicyclic) bond motifs is 2. The molecule has 1 unspecified atom stereocenters. The van der Waals surface area contributed by atoms with Crippen LogP contribution in [0.2, 0.25) is 0 Å². The van der Waals surface area contributed by atoms with Gasteiger partial charge in [0, 0.05) is 28.2 Å². The van der Waals surface area contributed by atoms with Crippen molar-refractivity contribution in [1.82, 2.24) is 15.3 Å². The Kier molecular flexibility index (Phi) is 1.63. The van der Waals surface area contributed by atoms with E-state index in [2.05, 4.69) is 21.4 Å². The summed E-state index contributed by atoms with van der Waals surface area (Å²) in [6.45, 7) is 0. The molecule has 13 heavy (non-hydrogen) atoms. The quantitative estimate of drug-likeness (QED) is 0.596. The van der Waals surface area contributed by atoms with Crippen LogP contribution in [0.15, 0.2) is 12.5 Å². The Labute approximate surface area is 80.0 Å². The Bertz CT molecular complexity index is 454. The van der Waals surface area contributed by atoms with Gasteiger partial charge in [-0.15, -0.1) is 11.8 Å². The first kappa shape index (κ1) is 7.53. The van der Waals surface area contributed by atoms with Crippen LogP contribution in [0.4, 0.5) is 0 Å². The molecule has 1 saturated heterocycles. The topological polar surface area (TPSA) is 37.8 Å². The van der Waals surface area contributed by atoms with E-state index in [4.69, 9.17) is 0 Å². The van der Waals surface area contributed by atoms with Gasteiger partial charge in [0.05, 0.1) is 5.35 Å². The molecule has 0 bridgehead atoms. The summed E-state index contributed by atoms with van der Waals surface area (Å²) in [5.41, 5.74) is 0. The molecule has 0 amide bonds. The van der Waals surface area contributed by atoms with Crippen molar-refractivity contribution in [3.63, 3.8) is 0 Å². The highest BCUT2D eigenvalue weighted by atomic mass is 32.2. The van der Waals surface area contributed by atoms with Gasteiger partial charge in [0.25, 0.3) is 0 Å².